The van der Waals surface area contributed by atoms with Crippen molar-refractivity contribution in [1.82, 2.24) is 20.4 Å². The molecule has 0 unspecified atom stereocenters. The summed E-state index contributed by atoms with van der Waals surface area (Å²) in [7, 11) is 1.67. The molecule has 7 heteroatoms. The zero-order chi connectivity index (χ0) is 18.8. The van der Waals surface area contributed by atoms with Crippen LogP contribution in [0.2, 0.25) is 0 Å². The number of hydrogen-bond donors (Lipinski definition) is 2. The lowest BCUT2D eigenvalue weighted by Crippen LogP contribution is -2.51. The molecule has 0 spiro atoms. The van der Waals surface area contributed by atoms with Crippen LogP contribution in [0.25, 0.3) is 0 Å². The van der Waals surface area contributed by atoms with Crippen molar-refractivity contribution in [2.75, 3.05) is 52.9 Å². The normalized spacial score (nSPS) is 15.6. The van der Waals surface area contributed by atoms with E-state index in [0.29, 0.717) is 32.8 Å². The van der Waals surface area contributed by atoms with Gasteiger partial charge in [0.1, 0.15) is 0 Å². The van der Waals surface area contributed by atoms with Crippen LogP contribution >= 0.6 is 0 Å². The van der Waals surface area contributed by atoms with Gasteiger partial charge < -0.3 is 15.4 Å². The summed E-state index contributed by atoms with van der Waals surface area (Å²) in [5.41, 5.74) is 2.19. The number of ether oxygens (including phenoxy) is 1. The predicted octanol–water partition coefficient (Wildman–Crippen LogP) is 0.203. The number of likely N-dealkylation sites (N-methyl/N-ethyl adjacent to an activating group) is 1. The number of nitrogens with one attached hydrogen (secondary N) is 2. The van der Waals surface area contributed by atoms with Crippen molar-refractivity contribution in [3.05, 3.63) is 35.4 Å². The van der Waals surface area contributed by atoms with Crippen LogP contribution in [0.15, 0.2) is 24.3 Å². The van der Waals surface area contributed by atoms with Crippen LogP contribution in [0.4, 0.5) is 0 Å². The molecule has 0 radical (unpaired) electrons. The van der Waals surface area contributed by atoms with Gasteiger partial charge in [0.05, 0.1) is 19.7 Å². The molecule has 1 aliphatic rings. The van der Waals surface area contributed by atoms with E-state index in [4.69, 9.17) is 4.74 Å². The minimum Gasteiger partial charge on any atom is -0.380 e. The minimum absolute atomic E-state index is 0.0307. The van der Waals surface area contributed by atoms with E-state index in [1.807, 2.05) is 31.2 Å². The molecular weight excluding hydrogens is 332 g/mol. The minimum atomic E-state index is 0.0307. The Morgan fingerprint density at radius 1 is 0.923 bits per heavy atom. The molecule has 0 aliphatic carbocycles. The number of carbonyl (C=O) groups excluding carboxylic acids is 2. The summed E-state index contributed by atoms with van der Waals surface area (Å²) in [4.78, 5) is 28.0. The highest BCUT2D eigenvalue weighted by atomic mass is 16.5. The molecule has 2 amide bonds. The lowest BCUT2D eigenvalue weighted by Gasteiger charge is -2.33. The summed E-state index contributed by atoms with van der Waals surface area (Å²) in [6, 6.07) is 8.04. The van der Waals surface area contributed by atoms with E-state index in [1.54, 1.807) is 7.11 Å². The van der Waals surface area contributed by atoms with E-state index in [0.717, 1.165) is 37.3 Å². The number of methoxy groups -OCH3 is 1. The largest absolute Gasteiger partial charge is 0.380 e. The van der Waals surface area contributed by atoms with E-state index in [2.05, 4.69) is 20.4 Å². The van der Waals surface area contributed by atoms with Gasteiger partial charge in [-0.2, -0.15) is 0 Å². The molecule has 2 rings (SSSR count). The molecular formula is C19H30N4O3. The van der Waals surface area contributed by atoms with Gasteiger partial charge in [-0.25, -0.2) is 0 Å². The number of amides is 2. The number of nitrogens with zero attached hydrogens (tertiary/aromatic N) is 2. The Morgan fingerprint density at radius 3 is 1.92 bits per heavy atom. The van der Waals surface area contributed by atoms with Crippen molar-refractivity contribution in [3.63, 3.8) is 0 Å². The van der Waals surface area contributed by atoms with Crippen LogP contribution < -0.4 is 10.6 Å². The van der Waals surface area contributed by atoms with Crippen LogP contribution in [-0.2, 0) is 27.5 Å². The summed E-state index contributed by atoms with van der Waals surface area (Å²) >= 11 is 0. The van der Waals surface area contributed by atoms with Gasteiger partial charge >= 0.3 is 0 Å². The van der Waals surface area contributed by atoms with E-state index < -0.39 is 0 Å². The molecule has 2 N–H and O–H groups in total. The van der Waals surface area contributed by atoms with Crippen molar-refractivity contribution in [3.8, 4) is 0 Å². The first-order valence-corrected chi connectivity index (χ1v) is 9.15. The summed E-state index contributed by atoms with van der Waals surface area (Å²) in [5.74, 6) is 0.0957. The maximum Gasteiger partial charge on any atom is 0.234 e. The molecule has 0 atom stereocenters. The summed E-state index contributed by atoms with van der Waals surface area (Å²) in [5, 5.41) is 5.78. The fraction of sp³-hybridized carbons (Fsp3) is 0.579. The zero-order valence-electron chi connectivity index (χ0n) is 15.8. The van der Waals surface area contributed by atoms with E-state index in [9.17, 15) is 9.59 Å². The van der Waals surface area contributed by atoms with E-state index in [-0.39, 0.29) is 11.8 Å². The van der Waals surface area contributed by atoms with Gasteiger partial charge in [0.2, 0.25) is 11.8 Å². The fourth-order valence-electron chi connectivity index (χ4n) is 2.94. The quantitative estimate of drug-likeness (QED) is 0.657. The summed E-state index contributed by atoms with van der Waals surface area (Å²) in [6.07, 6.45) is 0. The molecule has 1 aliphatic heterocycles. The third-order valence-corrected chi connectivity index (χ3v) is 4.40. The average molecular weight is 362 g/mol. The molecule has 1 fully saturated rings. The molecule has 1 aromatic rings. The molecule has 26 heavy (non-hydrogen) atoms. The Bertz CT molecular complexity index is 569. The molecule has 144 valence electrons. The van der Waals surface area contributed by atoms with E-state index in [1.165, 1.54) is 0 Å². The SMILES string of the molecule is CCNC(=O)CN1CCN(CC(=O)NCc2ccc(COC)cc2)CC1. The number of carbonyl (C=O) groups is 2. The van der Waals surface area contributed by atoms with Gasteiger partial charge in [0.15, 0.2) is 0 Å². The Labute approximate surface area is 155 Å². The van der Waals surface area contributed by atoms with Gasteiger partial charge in [-0.05, 0) is 18.1 Å². The number of rotatable bonds is 9. The highest BCUT2D eigenvalue weighted by Gasteiger charge is 2.20. The third-order valence-electron chi connectivity index (χ3n) is 4.40. The first-order valence-electron chi connectivity index (χ1n) is 9.15. The number of hydrogen-bond acceptors (Lipinski definition) is 5. The molecule has 1 saturated heterocycles. The first-order chi connectivity index (χ1) is 12.6. The van der Waals surface area contributed by atoms with Gasteiger partial charge in [-0.15, -0.1) is 0 Å². The average Bonchev–Trinajstić information content (AvgIpc) is 2.63. The maximum atomic E-state index is 12.1. The second kappa shape index (κ2) is 10.9. The van der Waals surface area contributed by atoms with Crippen LogP contribution in [0.5, 0.6) is 0 Å². The Morgan fingerprint density at radius 2 is 1.42 bits per heavy atom. The Kier molecular flexibility index (Phi) is 8.53. The monoisotopic (exact) mass is 362 g/mol. The van der Waals surface area contributed by atoms with Crippen molar-refractivity contribution in [2.24, 2.45) is 0 Å². The van der Waals surface area contributed by atoms with Gasteiger partial charge in [-0.3, -0.25) is 19.4 Å². The third kappa shape index (κ3) is 7.11. The second-order valence-electron chi connectivity index (χ2n) is 6.53. The molecule has 0 bridgehead atoms. The highest BCUT2D eigenvalue weighted by Crippen LogP contribution is 2.05. The van der Waals surface area contributed by atoms with Gasteiger partial charge in [0, 0.05) is 46.4 Å². The van der Waals surface area contributed by atoms with Crippen molar-refractivity contribution < 1.29 is 14.3 Å². The van der Waals surface area contributed by atoms with Crippen molar-refractivity contribution in [1.29, 1.82) is 0 Å². The van der Waals surface area contributed by atoms with Crippen LogP contribution in [0, 0.1) is 0 Å². The summed E-state index contributed by atoms with van der Waals surface area (Å²) < 4.78 is 5.09. The molecule has 1 heterocycles. The first kappa shape index (κ1) is 20.4. The second-order valence-corrected chi connectivity index (χ2v) is 6.53. The lowest BCUT2D eigenvalue weighted by molar-refractivity contribution is -0.125. The van der Waals surface area contributed by atoms with Crippen molar-refractivity contribution >= 4 is 11.8 Å². The molecule has 0 aromatic heterocycles. The van der Waals surface area contributed by atoms with Crippen LogP contribution in [0.1, 0.15) is 18.1 Å². The highest BCUT2D eigenvalue weighted by molar-refractivity contribution is 5.78. The number of benzene rings is 1. The lowest BCUT2D eigenvalue weighted by atomic mass is 10.1. The molecule has 0 saturated carbocycles. The van der Waals surface area contributed by atoms with Crippen LogP contribution in [-0.4, -0.2) is 74.5 Å². The van der Waals surface area contributed by atoms with E-state index >= 15 is 0 Å². The smallest absolute Gasteiger partial charge is 0.234 e. The number of piperazine rings is 1. The van der Waals surface area contributed by atoms with Gasteiger partial charge in [-0.1, -0.05) is 24.3 Å². The fourth-order valence-corrected chi connectivity index (χ4v) is 2.94. The molecule has 7 nitrogen and oxygen atoms in total. The summed E-state index contributed by atoms with van der Waals surface area (Å²) in [6.45, 7) is 7.77. The van der Waals surface area contributed by atoms with Crippen LogP contribution in [0.3, 0.4) is 0 Å². The molecule has 1 aromatic carbocycles. The standard InChI is InChI=1S/C19H30N4O3/c1-3-20-18(24)13-22-8-10-23(11-9-22)14-19(25)21-12-16-4-6-17(7-5-16)15-26-2/h4-7H,3,8-15H2,1-2H3,(H,20,24)(H,21,25). The maximum absolute atomic E-state index is 12.1. The zero-order valence-corrected chi connectivity index (χ0v) is 15.8. The predicted molar refractivity (Wildman–Crippen MR) is 101 cm³/mol. The Hall–Kier alpha value is -1.96. The van der Waals surface area contributed by atoms with Crippen molar-refractivity contribution in [2.45, 2.75) is 20.1 Å². The van der Waals surface area contributed by atoms with Gasteiger partial charge in [0.25, 0.3) is 0 Å². The topological polar surface area (TPSA) is 73.9 Å². The Balaban J connectivity index is 1.65.